The second-order valence-electron chi connectivity index (χ2n) is 1.72. The molecule has 0 aliphatic heterocycles. The summed E-state index contributed by atoms with van der Waals surface area (Å²) in [5, 5.41) is 0. The third-order valence-corrected chi connectivity index (χ3v) is 0.817. The number of hydrogen-bond acceptors (Lipinski definition) is 2. The van der Waals surface area contributed by atoms with Gasteiger partial charge < -0.3 is 4.74 Å². The molecule has 0 heterocycles. The van der Waals surface area contributed by atoms with Crippen LogP contribution < -0.4 is 0 Å². The lowest BCUT2D eigenvalue weighted by atomic mass is 10.5. The van der Waals surface area contributed by atoms with Gasteiger partial charge in [-0.05, 0) is 0 Å². The molecule has 0 aliphatic rings. The molecule has 0 saturated heterocycles. The quantitative estimate of drug-likeness (QED) is 0.399. The second-order valence-corrected chi connectivity index (χ2v) is 1.72. The van der Waals surface area contributed by atoms with Gasteiger partial charge >= 0.3 is 18.2 Å². The summed E-state index contributed by atoms with van der Waals surface area (Å²) in [6, 6.07) is 0. The average molecular weight is 202 g/mol. The molecule has 0 unspecified atom stereocenters. The van der Waals surface area contributed by atoms with Gasteiger partial charge in [0.25, 0.3) is 5.83 Å². The third kappa shape index (κ3) is 3.22. The molecule has 74 valence electrons. The molecule has 0 N–H and O–H groups in total. The van der Waals surface area contributed by atoms with E-state index in [2.05, 4.69) is 11.3 Å². The van der Waals surface area contributed by atoms with Gasteiger partial charge in [0, 0.05) is 6.08 Å². The summed E-state index contributed by atoms with van der Waals surface area (Å²) in [5.74, 6) is -4.80. The van der Waals surface area contributed by atoms with Crippen molar-refractivity contribution >= 4 is 5.97 Å². The highest BCUT2D eigenvalue weighted by atomic mass is 19.3. The molecule has 0 bridgehead atoms. The van der Waals surface area contributed by atoms with Crippen LogP contribution >= 0.6 is 0 Å². The first-order valence-electron chi connectivity index (χ1n) is 2.75. The van der Waals surface area contributed by atoms with E-state index >= 15 is 0 Å². The van der Waals surface area contributed by atoms with Gasteiger partial charge in [0.05, 0.1) is 0 Å². The van der Waals surface area contributed by atoms with Gasteiger partial charge in [0.2, 0.25) is 0 Å². The first-order chi connectivity index (χ1) is 5.81. The smallest absolute Gasteiger partial charge is 0.392 e. The van der Waals surface area contributed by atoms with Crippen molar-refractivity contribution in [3.63, 3.8) is 0 Å². The second kappa shape index (κ2) is 4.01. The van der Waals surface area contributed by atoms with Crippen molar-refractivity contribution in [2.24, 2.45) is 0 Å². The monoisotopic (exact) mass is 202 g/mol. The van der Waals surface area contributed by atoms with Gasteiger partial charge in [-0.15, -0.1) is 0 Å². The number of alkyl halides is 2. The topological polar surface area (TPSA) is 26.3 Å². The van der Waals surface area contributed by atoms with Crippen molar-refractivity contribution in [2.75, 3.05) is 0 Å². The summed E-state index contributed by atoms with van der Waals surface area (Å²) in [5.41, 5.74) is 0. The van der Waals surface area contributed by atoms with Crippen molar-refractivity contribution in [3.05, 3.63) is 24.6 Å². The molecular formula is C6H3F5O2. The Morgan fingerprint density at radius 1 is 1.31 bits per heavy atom. The predicted octanol–water partition coefficient (Wildman–Crippen LogP) is 2.39. The highest BCUT2D eigenvalue weighted by molar-refractivity contribution is 5.81. The Morgan fingerprint density at radius 3 is 2.08 bits per heavy atom. The molecule has 0 aromatic carbocycles. The van der Waals surface area contributed by atoms with Crippen LogP contribution in [0.15, 0.2) is 24.6 Å². The third-order valence-electron chi connectivity index (χ3n) is 0.817. The summed E-state index contributed by atoms with van der Waals surface area (Å²) >= 11 is 0. The van der Waals surface area contributed by atoms with E-state index < -0.39 is 24.0 Å². The summed E-state index contributed by atoms with van der Waals surface area (Å²) in [6.07, 6.45) is -7.91. The van der Waals surface area contributed by atoms with Gasteiger partial charge in [-0.3, -0.25) is 0 Å². The van der Waals surface area contributed by atoms with Crippen molar-refractivity contribution in [3.8, 4) is 0 Å². The molecule has 0 saturated carbocycles. The number of carbonyl (C=O) groups excluding carboxylic acids is 1. The SMILES string of the molecule is C=CC(=O)OC(F)(F)C(F)=C(F)F. The summed E-state index contributed by atoms with van der Waals surface area (Å²) in [6.45, 7) is 2.72. The van der Waals surface area contributed by atoms with E-state index in [0.717, 1.165) is 0 Å². The molecule has 0 amide bonds. The Bertz CT molecular complexity index is 254. The van der Waals surface area contributed by atoms with Crippen molar-refractivity contribution in [2.45, 2.75) is 6.11 Å². The van der Waals surface area contributed by atoms with Crippen molar-refractivity contribution in [1.29, 1.82) is 0 Å². The number of esters is 1. The molecule has 13 heavy (non-hydrogen) atoms. The molecule has 0 atom stereocenters. The fourth-order valence-electron chi connectivity index (χ4n) is 0.323. The van der Waals surface area contributed by atoms with Gasteiger partial charge in [0.1, 0.15) is 0 Å². The van der Waals surface area contributed by atoms with Gasteiger partial charge in [-0.1, -0.05) is 6.58 Å². The molecule has 0 spiro atoms. The fraction of sp³-hybridized carbons (Fsp3) is 0.167. The lowest BCUT2D eigenvalue weighted by Gasteiger charge is -2.11. The van der Waals surface area contributed by atoms with E-state index in [0.29, 0.717) is 0 Å². The zero-order valence-electron chi connectivity index (χ0n) is 5.99. The van der Waals surface area contributed by atoms with Crippen LogP contribution in [0.25, 0.3) is 0 Å². The van der Waals surface area contributed by atoms with Gasteiger partial charge in [-0.25, -0.2) is 4.79 Å². The van der Waals surface area contributed by atoms with E-state index in [1.54, 1.807) is 0 Å². The van der Waals surface area contributed by atoms with E-state index in [4.69, 9.17) is 0 Å². The number of ether oxygens (including phenoxy) is 1. The Hall–Kier alpha value is -1.40. The fourth-order valence-corrected chi connectivity index (χ4v) is 0.323. The van der Waals surface area contributed by atoms with Crippen LogP contribution in [-0.2, 0) is 9.53 Å². The molecule has 0 rings (SSSR count). The van der Waals surface area contributed by atoms with Crippen LogP contribution in [0.2, 0.25) is 0 Å². The highest BCUT2D eigenvalue weighted by Gasteiger charge is 2.43. The molecule has 0 aromatic rings. The Labute approximate surface area is 69.3 Å². The molecule has 0 aliphatic carbocycles. The van der Waals surface area contributed by atoms with Crippen LogP contribution in [0.5, 0.6) is 0 Å². The normalized spacial score (nSPS) is 10.5. The molecule has 2 nitrogen and oxygen atoms in total. The van der Waals surface area contributed by atoms with Crippen molar-refractivity contribution in [1.82, 2.24) is 0 Å². The highest BCUT2D eigenvalue weighted by Crippen LogP contribution is 2.30. The first kappa shape index (κ1) is 11.6. The van der Waals surface area contributed by atoms with Crippen LogP contribution in [-0.4, -0.2) is 12.1 Å². The molecule has 0 aromatic heterocycles. The Balaban J connectivity index is 4.68. The van der Waals surface area contributed by atoms with Crippen molar-refractivity contribution < 1.29 is 31.5 Å². The van der Waals surface area contributed by atoms with Crippen LogP contribution in [0.3, 0.4) is 0 Å². The van der Waals surface area contributed by atoms with E-state index in [9.17, 15) is 26.7 Å². The molecule has 0 fully saturated rings. The van der Waals surface area contributed by atoms with Gasteiger partial charge in [0.15, 0.2) is 0 Å². The minimum atomic E-state index is -4.95. The molecular weight excluding hydrogens is 199 g/mol. The van der Waals surface area contributed by atoms with Crippen LogP contribution in [0, 0.1) is 0 Å². The van der Waals surface area contributed by atoms with Gasteiger partial charge in [-0.2, -0.15) is 22.0 Å². The average Bonchev–Trinajstić information content (AvgIpc) is 2.01. The van der Waals surface area contributed by atoms with E-state index in [-0.39, 0.29) is 6.08 Å². The maximum Gasteiger partial charge on any atom is 0.461 e. The lowest BCUT2D eigenvalue weighted by Crippen LogP contribution is -2.25. The minimum Gasteiger partial charge on any atom is -0.392 e. The number of halogens is 5. The van der Waals surface area contributed by atoms with Crippen LogP contribution in [0.4, 0.5) is 22.0 Å². The minimum absolute atomic E-state index is 0.289. The first-order valence-corrected chi connectivity index (χ1v) is 2.75. The maximum absolute atomic E-state index is 12.1. The Kier molecular flexibility index (Phi) is 3.58. The summed E-state index contributed by atoms with van der Waals surface area (Å²) in [7, 11) is 0. The van der Waals surface area contributed by atoms with E-state index in [1.165, 1.54) is 0 Å². The summed E-state index contributed by atoms with van der Waals surface area (Å²) in [4.78, 5) is 10.1. The molecule has 0 radical (unpaired) electrons. The lowest BCUT2D eigenvalue weighted by molar-refractivity contribution is -0.217. The number of carbonyl (C=O) groups is 1. The zero-order chi connectivity index (χ0) is 10.6. The molecule has 7 heteroatoms. The summed E-state index contributed by atoms with van der Waals surface area (Å²) < 4.78 is 61.7. The van der Waals surface area contributed by atoms with E-state index in [1.807, 2.05) is 0 Å². The largest absolute Gasteiger partial charge is 0.461 e. The van der Waals surface area contributed by atoms with Crippen LogP contribution in [0.1, 0.15) is 0 Å². The number of hydrogen-bond donors (Lipinski definition) is 0. The zero-order valence-corrected chi connectivity index (χ0v) is 5.99. The Morgan fingerprint density at radius 2 is 1.77 bits per heavy atom. The predicted molar refractivity (Wildman–Crippen MR) is 31.6 cm³/mol. The maximum atomic E-state index is 12.1. The number of rotatable bonds is 3. The standard InChI is InChI=1S/C6H3F5O2/c1-2-3(12)13-6(10,11)4(7)5(8)9/h2H,1H2.